The summed E-state index contributed by atoms with van der Waals surface area (Å²) in [7, 11) is 0. The van der Waals surface area contributed by atoms with Crippen molar-refractivity contribution in [3.05, 3.63) is 23.2 Å². The van der Waals surface area contributed by atoms with Gasteiger partial charge >= 0.3 is 0 Å². The van der Waals surface area contributed by atoms with Gasteiger partial charge in [0, 0.05) is 23.7 Å². The van der Waals surface area contributed by atoms with Crippen LogP contribution in [0.5, 0.6) is 0 Å². The Morgan fingerprint density at radius 3 is 2.17 bits per heavy atom. The van der Waals surface area contributed by atoms with Crippen LogP contribution < -0.4 is 0 Å². The molecule has 0 heterocycles. The average Bonchev–Trinajstić information content (AvgIpc) is 2.76. The van der Waals surface area contributed by atoms with Gasteiger partial charge in [-0.15, -0.1) is 0 Å². The molecule has 1 unspecified atom stereocenters. The smallest absolute Gasteiger partial charge is 0.226 e. The van der Waals surface area contributed by atoms with Crippen LogP contribution in [0.25, 0.3) is 4.85 Å². The van der Waals surface area contributed by atoms with Crippen LogP contribution in [-0.4, -0.2) is 17.3 Å². The molecule has 0 amide bonds. The predicted octanol–water partition coefficient (Wildman–Crippen LogP) is 7.08. The maximum absolute atomic E-state index is 14.3. The molecule has 36 heavy (non-hydrogen) atoms. The van der Waals surface area contributed by atoms with E-state index in [-0.39, 0.29) is 62.7 Å². The number of allylic oxidation sites excluding steroid dienone is 2. The molecule has 0 bridgehead atoms. The SMILES string of the molecule is [C-]#[N+]C1=C[C@]2(C)[C@H]3CC(=O)[C@@H]4[C@@H]5CC(C)(C)C[C@@H](C(C)=O)C5CC[C@@]4(C)[C@]3(C)CC[C@H]2C(C)(C)C1=O. The summed E-state index contributed by atoms with van der Waals surface area (Å²) >= 11 is 0. The van der Waals surface area contributed by atoms with E-state index in [1.165, 1.54) is 0 Å². The van der Waals surface area contributed by atoms with E-state index in [0.29, 0.717) is 23.9 Å². The summed E-state index contributed by atoms with van der Waals surface area (Å²) in [5.41, 5.74) is -0.781. The number of fused-ring (bicyclic) bond motifs is 7. The number of ketones is 3. The van der Waals surface area contributed by atoms with Crippen LogP contribution in [0.2, 0.25) is 0 Å². The van der Waals surface area contributed by atoms with Crippen LogP contribution in [0.4, 0.5) is 0 Å². The number of carbonyl (C=O) groups excluding carboxylic acids is 3. The Morgan fingerprint density at radius 2 is 1.56 bits per heavy atom. The minimum absolute atomic E-state index is 0.00150. The summed E-state index contributed by atoms with van der Waals surface area (Å²) in [5, 5.41) is 0. The maximum atomic E-state index is 14.3. The highest BCUT2D eigenvalue weighted by Gasteiger charge is 2.71. The Labute approximate surface area is 217 Å². The van der Waals surface area contributed by atoms with Crippen LogP contribution in [0, 0.1) is 69.2 Å². The van der Waals surface area contributed by atoms with E-state index in [9.17, 15) is 14.4 Å². The monoisotopic (exact) mass is 491 g/mol. The van der Waals surface area contributed by atoms with Crippen LogP contribution in [0.1, 0.15) is 100 Å². The van der Waals surface area contributed by atoms with Crippen LogP contribution in [0.15, 0.2) is 11.8 Å². The van der Waals surface area contributed by atoms with Gasteiger partial charge in [-0.05, 0) is 90.8 Å². The molecule has 0 aliphatic heterocycles. The molecular formula is C32H45NO3. The first-order valence-electron chi connectivity index (χ1n) is 14.2. The van der Waals surface area contributed by atoms with Gasteiger partial charge in [0.2, 0.25) is 5.70 Å². The molecule has 0 radical (unpaired) electrons. The molecule has 5 rings (SSSR count). The largest absolute Gasteiger partial charge is 0.307 e. The van der Waals surface area contributed by atoms with Crippen LogP contribution in [-0.2, 0) is 14.4 Å². The third kappa shape index (κ3) is 3.13. The van der Waals surface area contributed by atoms with Crippen molar-refractivity contribution in [3.8, 4) is 0 Å². The quantitative estimate of drug-likeness (QED) is 0.368. The fourth-order valence-corrected chi connectivity index (χ4v) is 11.1. The molecule has 4 fully saturated rings. The number of hydrogen-bond acceptors (Lipinski definition) is 3. The second kappa shape index (κ2) is 7.64. The molecule has 4 nitrogen and oxygen atoms in total. The van der Waals surface area contributed by atoms with E-state index >= 15 is 0 Å². The first-order chi connectivity index (χ1) is 16.5. The third-order valence-corrected chi connectivity index (χ3v) is 12.8. The van der Waals surface area contributed by atoms with E-state index in [1.54, 1.807) is 6.92 Å². The molecule has 0 saturated heterocycles. The summed E-state index contributed by atoms with van der Waals surface area (Å²) in [6.45, 7) is 25.2. The van der Waals surface area contributed by atoms with Gasteiger partial charge in [-0.1, -0.05) is 54.5 Å². The Bertz CT molecular complexity index is 1110. The van der Waals surface area contributed by atoms with Gasteiger partial charge in [0.15, 0.2) is 5.78 Å². The van der Waals surface area contributed by atoms with E-state index in [1.807, 2.05) is 19.9 Å². The highest BCUT2D eigenvalue weighted by Crippen LogP contribution is 2.74. The van der Waals surface area contributed by atoms with Crippen molar-refractivity contribution < 1.29 is 14.4 Å². The molecule has 4 saturated carbocycles. The topological polar surface area (TPSA) is 55.6 Å². The number of rotatable bonds is 1. The van der Waals surface area contributed by atoms with Gasteiger partial charge in [0.25, 0.3) is 0 Å². The molecule has 4 heteroatoms. The predicted molar refractivity (Wildman–Crippen MR) is 141 cm³/mol. The van der Waals surface area contributed by atoms with Gasteiger partial charge in [-0.25, -0.2) is 4.85 Å². The lowest BCUT2D eigenvalue weighted by atomic mass is 9.32. The molecule has 5 aliphatic rings. The van der Waals surface area contributed by atoms with Crippen molar-refractivity contribution >= 4 is 17.3 Å². The number of Topliss-reactive ketones (excluding diaryl/α,β-unsaturated/α-hetero) is 3. The Morgan fingerprint density at radius 1 is 0.917 bits per heavy atom. The fraction of sp³-hybridized carbons (Fsp3) is 0.812. The van der Waals surface area contributed by atoms with Crippen LogP contribution in [0.3, 0.4) is 0 Å². The second-order valence-electron chi connectivity index (χ2n) is 15.3. The first kappa shape index (κ1) is 25.9. The minimum Gasteiger partial charge on any atom is -0.307 e. The highest BCUT2D eigenvalue weighted by molar-refractivity contribution is 6.02. The lowest BCUT2D eigenvalue weighted by Gasteiger charge is -2.71. The first-order valence-corrected chi connectivity index (χ1v) is 14.2. The maximum Gasteiger partial charge on any atom is 0.226 e. The van der Waals surface area contributed by atoms with Crippen molar-refractivity contribution in [3.63, 3.8) is 0 Å². The van der Waals surface area contributed by atoms with E-state index in [4.69, 9.17) is 6.57 Å². The van der Waals surface area contributed by atoms with Crippen molar-refractivity contribution in [2.45, 2.75) is 100 Å². The lowest BCUT2D eigenvalue weighted by molar-refractivity contribution is -0.214. The van der Waals surface area contributed by atoms with Gasteiger partial charge in [-0.3, -0.25) is 9.59 Å². The molecule has 0 aromatic carbocycles. The van der Waals surface area contributed by atoms with Gasteiger partial charge in [0.1, 0.15) is 11.6 Å². The van der Waals surface area contributed by atoms with Gasteiger partial charge in [0.05, 0.1) is 6.57 Å². The van der Waals surface area contributed by atoms with Crippen molar-refractivity contribution in [2.75, 3.05) is 0 Å². The van der Waals surface area contributed by atoms with Gasteiger partial charge in [-0.2, -0.15) is 0 Å². The number of hydrogen-bond donors (Lipinski definition) is 0. The second-order valence-corrected chi connectivity index (χ2v) is 15.3. The minimum atomic E-state index is -0.592. The van der Waals surface area contributed by atoms with E-state index < -0.39 is 5.41 Å². The summed E-state index contributed by atoms with van der Waals surface area (Å²) in [4.78, 5) is 44.0. The van der Waals surface area contributed by atoms with E-state index in [2.05, 4.69) is 39.5 Å². The highest BCUT2D eigenvalue weighted by atomic mass is 16.1. The molecule has 0 N–H and O–H groups in total. The zero-order valence-corrected chi connectivity index (χ0v) is 23.7. The molecule has 5 aliphatic carbocycles. The van der Waals surface area contributed by atoms with Gasteiger partial charge < -0.3 is 4.79 Å². The standard InChI is InChI=1S/C32H45NO3/c1-18(34)20-15-28(2,3)16-21-19(20)10-12-32(8)26(21)23(35)14-25-30(6)17-22(33-9)27(36)29(4,5)24(30)11-13-31(25,32)7/h17,19-21,24-26H,10-16H2,1-8H3/t19?,20-,21+,24-,25+,26-,30-,31+,32+/m0/s1. The Balaban J connectivity index is 1.61. The molecule has 9 atom stereocenters. The molecule has 196 valence electrons. The summed E-state index contributed by atoms with van der Waals surface area (Å²) < 4.78 is 0. The molecular weight excluding hydrogens is 446 g/mol. The van der Waals surface area contributed by atoms with Crippen molar-refractivity contribution in [1.82, 2.24) is 0 Å². The van der Waals surface area contributed by atoms with Crippen LogP contribution >= 0.6 is 0 Å². The Hall–Kier alpha value is -1.76. The summed E-state index contributed by atoms with van der Waals surface area (Å²) in [5.74, 6) is 1.58. The number of nitrogens with zero attached hydrogens (tertiary/aromatic N) is 1. The summed E-state index contributed by atoms with van der Waals surface area (Å²) in [6.07, 6.45) is 8.47. The average molecular weight is 492 g/mol. The molecule has 0 aromatic rings. The molecule has 0 spiro atoms. The van der Waals surface area contributed by atoms with Crippen molar-refractivity contribution in [1.29, 1.82) is 0 Å². The molecule has 0 aromatic heterocycles. The zero-order valence-electron chi connectivity index (χ0n) is 23.7. The fourth-order valence-electron chi connectivity index (χ4n) is 11.1. The lowest BCUT2D eigenvalue weighted by Crippen LogP contribution is -2.67. The third-order valence-electron chi connectivity index (χ3n) is 12.8. The normalized spacial score (nSPS) is 48.9. The Kier molecular flexibility index (Phi) is 5.49. The van der Waals surface area contributed by atoms with Crippen molar-refractivity contribution in [2.24, 2.45) is 62.6 Å². The zero-order chi connectivity index (χ0) is 26.6. The summed E-state index contributed by atoms with van der Waals surface area (Å²) in [6, 6.07) is 0. The number of carbonyl (C=O) groups is 3. The van der Waals surface area contributed by atoms with E-state index in [0.717, 1.165) is 38.5 Å².